The first-order valence-corrected chi connectivity index (χ1v) is 7.97. The van der Waals surface area contributed by atoms with Crippen LogP contribution in [0, 0.1) is 6.92 Å². The molecule has 0 radical (unpaired) electrons. The molecule has 1 nitrogen and oxygen atoms in total. The predicted octanol–water partition coefficient (Wildman–Crippen LogP) is 4.78. The van der Waals surface area contributed by atoms with Gasteiger partial charge in [-0.3, -0.25) is 0 Å². The molecule has 2 aromatic carbocycles. The van der Waals surface area contributed by atoms with Gasteiger partial charge in [-0.25, -0.2) is 0 Å². The molecule has 20 heavy (non-hydrogen) atoms. The lowest BCUT2D eigenvalue weighted by Crippen LogP contribution is -2.15. The van der Waals surface area contributed by atoms with E-state index in [0.717, 1.165) is 13.0 Å². The van der Waals surface area contributed by atoms with E-state index in [-0.39, 0.29) is 0 Å². The maximum atomic E-state index is 2.26. The summed E-state index contributed by atoms with van der Waals surface area (Å²) in [6.45, 7) is 3.30. The van der Waals surface area contributed by atoms with Crippen molar-refractivity contribution in [3.8, 4) is 0 Å². The SMILES string of the molecule is Cc1ccccc1S[C@@H](CCN(C)C)c1ccccc1. The van der Waals surface area contributed by atoms with Crippen LogP contribution in [0.1, 0.15) is 22.8 Å². The van der Waals surface area contributed by atoms with Gasteiger partial charge >= 0.3 is 0 Å². The van der Waals surface area contributed by atoms with Crippen molar-refractivity contribution in [2.75, 3.05) is 20.6 Å². The van der Waals surface area contributed by atoms with Gasteiger partial charge in [-0.2, -0.15) is 0 Å². The van der Waals surface area contributed by atoms with Crippen LogP contribution in [-0.4, -0.2) is 25.5 Å². The maximum Gasteiger partial charge on any atom is 0.0356 e. The van der Waals surface area contributed by atoms with Crippen molar-refractivity contribution in [2.45, 2.75) is 23.5 Å². The molecule has 0 heterocycles. The molecule has 0 aliphatic rings. The van der Waals surface area contributed by atoms with E-state index in [1.54, 1.807) is 0 Å². The Morgan fingerprint density at radius 3 is 2.25 bits per heavy atom. The molecule has 0 fully saturated rings. The number of hydrogen-bond acceptors (Lipinski definition) is 2. The smallest absolute Gasteiger partial charge is 0.0356 e. The third-order valence-electron chi connectivity index (χ3n) is 3.37. The largest absolute Gasteiger partial charge is 0.309 e. The number of benzene rings is 2. The van der Waals surface area contributed by atoms with Crippen LogP contribution in [0.5, 0.6) is 0 Å². The minimum Gasteiger partial charge on any atom is -0.309 e. The Kier molecular flexibility index (Phi) is 5.69. The van der Waals surface area contributed by atoms with Crippen molar-refractivity contribution in [1.82, 2.24) is 4.90 Å². The summed E-state index contributed by atoms with van der Waals surface area (Å²) in [5, 5.41) is 0.514. The average molecular weight is 285 g/mol. The first kappa shape index (κ1) is 15.1. The third-order valence-corrected chi connectivity index (χ3v) is 4.88. The summed E-state index contributed by atoms with van der Waals surface area (Å²) >= 11 is 1.98. The Morgan fingerprint density at radius 2 is 1.60 bits per heavy atom. The lowest BCUT2D eigenvalue weighted by Gasteiger charge is -2.20. The maximum absolute atomic E-state index is 2.26. The number of aryl methyl sites for hydroxylation is 1. The highest BCUT2D eigenvalue weighted by molar-refractivity contribution is 7.99. The first-order chi connectivity index (χ1) is 9.66. The summed E-state index contributed by atoms with van der Waals surface area (Å²) < 4.78 is 0. The Balaban J connectivity index is 2.16. The van der Waals surface area contributed by atoms with E-state index in [9.17, 15) is 0 Å². The summed E-state index contributed by atoms with van der Waals surface area (Å²) in [7, 11) is 4.28. The molecular formula is C18H23NS. The normalized spacial score (nSPS) is 12.6. The van der Waals surface area contributed by atoms with Crippen molar-refractivity contribution in [3.05, 3.63) is 65.7 Å². The van der Waals surface area contributed by atoms with E-state index in [0.29, 0.717) is 5.25 Å². The molecule has 0 saturated carbocycles. The summed E-state index contributed by atoms with van der Waals surface area (Å²) in [5.41, 5.74) is 2.78. The van der Waals surface area contributed by atoms with Crippen LogP contribution in [0.25, 0.3) is 0 Å². The second kappa shape index (κ2) is 7.51. The molecule has 0 spiro atoms. The molecule has 0 aliphatic heterocycles. The van der Waals surface area contributed by atoms with E-state index in [4.69, 9.17) is 0 Å². The molecule has 2 aromatic rings. The Labute approximate surface area is 127 Å². The predicted molar refractivity (Wildman–Crippen MR) is 89.4 cm³/mol. The van der Waals surface area contributed by atoms with Gasteiger partial charge < -0.3 is 4.90 Å². The van der Waals surface area contributed by atoms with Crippen LogP contribution in [0.2, 0.25) is 0 Å². The summed E-state index contributed by atoms with van der Waals surface area (Å²) in [6, 6.07) is 19.5. The zero-order valence-corrected chi connectivity index (χ0v) is 13.4. The van der Waals surface area contributed by atoms with Gasteiger partial charge in [0.25, 0.3) is 0 Å². The van der Waals surface area contributed by atoms with Gasteiger partial charge in [0.1, 0.15) is 0 Å². The van der Waals surface area contributed by atoms with Crippen LogP contribution < -0.4 is 0 Å². The zero-order valence-electron chi connectivity index (χ0n) is 12.5. The molecule has 0 N–H and O–H groups in total. The fourth-order valence-electron chi connectivity index (χ4n) is 2.18. The van der Waals surface area contributed by atoms with Crippen molar-refractivity contribution in [2.24, 2.45) is 0 Å². The molecule has 0 aliphatic carbocycles. The van der Waals surface area contributed by atoms with Crippen molar-refractivity contribution in [3.63, 3.8) is 0 Å². The van der Waals surface area contributed by atoms with Crippen molar-refractivity contribution >= 4 is 11.8 Å². The van der Waals surface area contributed by atoms with E-state index in [2.05, 4.69) is 80.5 Å². The highest BCUT2D eigenvalue weighted by Crippen LogP contribution is 2.39. The van der Waals surface area contributed by atoms with Crippen molar-refractivity contribution in [1.29, 1.82) is 0 Å². The second-order valence-corrected chi connectivity index (χ2v) is 6.62. The monoisotopic (exact) mass is 285 g/mol. The minimum absolute atomic E-state index is 0.514. The topological polar surface area (TPSA) is 3.24 Å². The summed E-state index contributed by atoms with van der Waals surface area (Å²) in [4.78, 5) is 3.65. The third kappa shape index (κ3) is 4.39. The number of hydrogen-bond donors (Lipinski definition) is 0. The molecule has 2 rings (SSSR count). The van der Waals surface area contributed by atoms with Crippen LogP contribution in [0.3, 0.4) is 0 Å². The molecule has 0 saturated heterocycles. The van der Waals surface area contributed by atoms with E-state index in [1.165, 1.54) is 16.0 Å². The second-order valence-electron chi connectivity index (χ2n) is 5.37. The zero-order chi connectivity index (χ0) is 14.4. The molecule has 0 unspecified atom stereocenters. The molecule has 0 aromatic heterocycles. The molecule has 2 heteroatoms. The number of thioether (sulfide) groups is 1. The number of nitrogens with zero attached hydrogens (tertiary/aromatic N) is 1. The fourth-order valence-corrected chi connectivity index (χ4v) is 3.41. The van der Waals surface area contributed by atoms with Gasteiger partial charge in [0.15, 0.2) is 0 Å². The van der Waals surface area contributed by atoms with E-state index >= 15 is 0 Å². The highest BCUT2D eigenvalue weighted by Gasteiger charge is 2.14. The Bertz CT molecular complexity index is 522. The van der Waals surface area contributed by atoms with Crippen LogP contribution in [0.15, 0.2) is 59.5 Å². The molecule has 1 atom stereocenters. The van der Waals surface area contributed by atoms with Gasteiger partial charge in [-0.05, 0) is 51.2 Å². The Hall–Kier alpha value is -1.25. The molecule has 0 amide bonds. The van der Waals surface area contributed by atoms with Gasteiger partial charge in [0.05, 0.1) is 0 Å². The quantitative estimate of drug-likeness (QED) is 0.703. The van der Waals surface area contributed by atoms with Gasteiger partial charge in [-0.1, -0.05) is 48.5 Å². The average Bonchev–Trinajstić information content (AvgIpc) is 2.46. The summed E-state index contributed by atoms with van der Waals surface area (Å²) in [5.74, 6) is 0. The standard InChI is InChI=1S/C18H23NS/c1-15-9-7-8-12-17(15)20-18(13-14-19(2)3)16-10-5-4-6-11-16/h4-12,18H,13-14H2,1-3H3/t18-/m0/s1. The highest BCUT2D eigenvalue weighted by atomic mass is 32.2. The fraction of sp³-hybridized carbons (Fsp3) is 0.333. The van der Waals surface area contributed by atoms with Gasteiger partial charge in [0, 0.05) is 10.1 Å². The lowest BCUT2D eigenvalue weighted by molar-refractivity contribution is 0.399. The van der Waals surface area contributed by atoms with Gasteiger partial charge in [-0.15, -0.1) is 11.8 Å². The Morgan fingerprint density at radius 1 is 0.950 bits per heavy atom. The molecule has 106 valence electrons. The lowest BCUT2D eigenvalue weighted by atomic mass is 10.1. The van der Waals surface area contributed by atoms with E-state index in [1.807, 2.05) is 11.8 Å². The van der Waals surface area contributed by atoms with Crippen LogP contribution in [-0.2, 0) is 0 Å². The summed E-state index contributed by atoms with van der Waals surface area (Å²) in [6.07, 6.45) is 1.16. The first-order valence-electron chi connectivity index (χ1n) is 7.09. The van der Waals surface area contributed by atoms with Crippen LogP contribution >= 0.6 is 11.8 Å². The number of rotatable bonds is 6. The van der Waals surface area contributed by atoms with E-state index < -0.39 is 0 Å². The van der Waals surface area contributed by atoms with Crippen molar-refractivity contribution < 1.29 is 0 Å². The van der Waals surface area contributed by atoms with Gasteiger partial charge in [0.2, 0.25) is 0 Å². The molecular weight excluding hydrogens is 262 g/mol. The van der Waals surface area contributed by atoms with Crippen LogP contribution in [0.4, 0.5) is 0 Å². The molecule has 0 bridgehead atoms. The minimum atomic E-state index is 0.514.